The maximum absolute atomic E-state index is 12.6. The fourth-order valence-corrected chi connectivity index (χ4v) is 2.71. The van der Waals surface area contributed by atoms with Crippen molar-refractivity contribution in [3.63, 3.8) is 0 Å². The third-order valence-electron chi connectivity index (χ3n) is 4.31. The molecule has 0 radical (unpaired) electrons. The van der Waals surface area contributed by atoms with Gasteiger partial charge in [0.25, 0.3) is 5.91 Å². The third kappa shape index (κ3) is 5.48. The van der Waals surface area contributed by atoms with E-state index < -0.39 is 0 Å². The number of nitrogens with one attached hydrogen (secondary N) is 2. The lowest BCUT2D eigenvalue weighted by atomic mass is 10.1. The van der Waals surface area contributed by atoms with Gasteiger partial charge in [-0.1, -0.05) is 17.7 Å². The number of halogens is 1. The van der Waals surface area contributed by atoms with Crippen LogP contribution in [0.15, 0.2) is 42.5 Å². The van der Waals surface area contributed by atoms with Crippen molar-refractivity contribution in [2.45, 2.75) is 33.4 Å². The number of benzene rings is 2. The number of carbonyl (C=O) groups is 1. The number of anilines is 1. The molecule has 0 heterocycles. The van der Waals surface area contributed by atoms with E-state index in [1.165, 1.54) is 5.56 Å². The lowest BCUT2D eigenvalue weighted by molar-refractivity contribution is -0.907. The van der Waals surface area contributed by atoms with Crippen LogP contribution < -0.4 is 15.0 Å². The van der Waals surface area contributed by atoms with Crippen LogP contribution in [-0.4, -0.2) is 25.6 Å². The standard InChI is InChI=1S/C20H25ClN2O2/c1-5-25-18-10-7-16(8-11-18)13-23(4)15(3)20(24)22-19-12-17(21)9-6-14(19)2/h6-12,15H,5,13H2,1-4H3,(H,22,24)/p+1/t15-/m1/s1. The van der Waals surface area contributed by atoms with Crippen LogP contribution in [0.5, 0.6) is 5.75 Å². The molecule has 25 heavy (non-hydrogen) atoms. The highest BCUT2D eigenvalue weighted by Gasteiger charge is 2.22. The van der Waals surface area contributed by atoms with Crippen molar-refractivity contribution >= 4 is 23.2 Å². The molecule has 4 nitrogen and oxygen atoms in total. The zero-order valence-corrected chi connectivity index (χ0v) is 16.0. The molecule has 2 aromatic rings. The average Bonchev–Trinajstić information content (AvgIpc) is 2.59. The molecular formula is C20H26ClN2O2+. The van der Waals surface area contributed by atoms with E-state index >= 15 is 0 Å². The highest BCUT2D eigenvalue weighted by atomic mass is 35.5. The van der Waals surface area contributed by atoms with Crippen LogP contribution in [0.4, 0.5) is 5.69 Å². The highest BCUT2D eigenvalue weighted by molar-refractivity contribution is 6.31. The molecule has 1 amide bonds. The van der Waals surface area contributed by atoms with Gasteiger partial charge in [-0.25, -0.2) is 0 Å². The molecule has 0 aliphatic carbocycles. The molecule has 0 aliphatic rings. The second kappa shape index (κ2) is 8.88. The summed E-state index contributed by atoms with van der Waals surface area (Å²) in [4.78, 5) is 13.7. The summed E-state index contributed by atoms with van der Waals surface area (Å²) >= 11 is 6.02. The van der Waals surface area contributed by atoms with E-state index in [0.29, 0.717) is 11.6 Å². The second-order valence-electron chi connectivity index (χ2n) is 6.27. The number of hydrogen-bond acceptors (Lipinski definition) is 2. The van der Waals surface area contributed by atoms with E-state index in [1.807, 2.05) is 64.2 Å². The fraction of sp³-hybridized carbons (Fsp3) is 0.350. The maximum Gasteiger partial charge on any atom is 0.282 e. The summed E-state index contributed by atoms with van der Waals surface area (Å²) in [6, 6.07) is 13.3. The number of rotatable bonds is 7. The summed E-state index contributed by atoms with van der Waals surface area (Å²) in [6.07, 6.45) is 0. The molecule has 0 aromatic heterocycles. The number of hydrogen-bond donors (Lipinski definition) is 2. The van der Waals surface area contributed by atoms with Crippen LogP contribution in [-0.2, 0) is 11.3 Å². The zero-order valence-electron chi connectivity index (χ0n) is 15.2. The second-order valence-corrected chi connectivity index (χ2v) is 6.71. The fourth-order valence-electron chi connectivity index (χ4n) is 2.54. The first-order valence-electron chi connectivity index (χ1n) is 8.51. The molecule has 0 spiro atoms. The molecular weight excluding hydrogens is 336 g/mol. The quantitative estimate of drug-likeness (QED) is 0.795. The number of quaternary nitrogens is 1. The average molecular weight is 362 g/mol. The van der Waals surface area contributed by atoms with Gasteiger partial charge < -0.3 is 15.0 Å². The van der Waals surface area contributed by atoms with Crippen LogP contribution in [0.25, 0.3) is 0 Å². The molecule has 2 rings (SSSR count). The Kier molecular flexibility index (Phi) is 6.85. The Hall–Kier alpha value is -2.04. The van der Waals surface area contributed by atoms with E-state index in [1.54, 1.807) is 6.07 Å². The minimum Gasteiger partial charge on any atom is -0.494 e. The molecule has 2 aromatic carbocycles. The van der Waals surface area contributed by atoms with Gasteiger partial charge in [0.15, 0.2) is 6.04 Å². The lowest BCUT2D eigenvalue weighted by Gasteiger charge is -2.21. The first-order chi connectivity index (χ1) is 11.9. The SMILES string of the molecule is CCOc1ccc(C[NH+](C)[C@H](C)C(=O)Nc2cc(Cl)ccc2C)cc1. The molecule has 2 atom stereocenters. The predicted molar refractivity (Wildman–Crippen MR) is 102 cm³/mol. The smallest absolute Gasteiger partial charge is 0.282 e. The molecule has 0 bridgehead atoms. The minimum absolute atomic E-state index is 0.0196. The Morgan fingerprint density at radius 1 is 1.24 bits per heavy atom. The number of amides is 1. The topological polar surface area (TPSA) is 42.8 Å². The number of ether oxygens (including phenoxy) is 1. The number of aryl methyl sites for hydroxylation is 1. The van der Waals surface area contributed by atoms with Gasteiger partial charge >= 0.3 is 0 Å². The summed E-state index contributed by atoms with van der Waals surface area (Å²) < 4.78 is 5.46. The molecule has 2 N–H and O–H groups in total. The van der Waals surface area contributed by atoms with Crippen LogP contribution in [0.1, 0.15) is 25.0 Å². The van der Waals surface area contributed by atoms with Gasteiger partial charge in [-0.2, -0.15) is 0 Å². The molecule has 1 unspecified atom stereocenters. The Morgan fingerprint density at radius 3 is 2.56 bits per heavy atom. The van der Waals surface area contributed by atoms with E-state index in [4.69, 9.17) is 16.3 Å². The zero-order chi connectivity index (χ0) is 18.4. The van der Waals surface area contributed by atoms with Crippen LogP contribution >= 0.6 is 11.6 Å². The van der Waals surface area contributed by atoms with Gasteiger partial charge in [0.1, 0.15) is 12.3 Å². The van der Waals surface area contributed by atoms with Crippen molar-refractivity contribution in [1.29, 1.82) is 0 Å². The lowest BCUT2D eigenvalue weighted by Crippen LogP contribution is -3.12. The van der Waals surface area contributed by atoms with Crippen molar-refractivity contribution in [2.24, 2.45) is 0 Å². The molecule has 0 saturated carbocycles. The van der Waals surface area contributed by atoms with Gasteiger partial charge in [0, 0.05) is 16.3 Å². The Labute approximate surface area is 154 Å². The van der Waals surface area contributed by atoms with Crippen molar-refractivity contribution in [1.82, 2.24) is 0 Å². The Morgan fingerprint density at radius 2 is 1.92 bits per heavy atom. The van der Waals surface area contributed by atoms with Crippen molar-refractivity contribution in [3.05, 3.63) is 58.6 Å². The summed E-state index contributed by atoms with van der Waals surface area (Å²) in [5.74, 6) is 0.847. The maximum atomic E-state index is 12.6. The molecule has 134 valence electrons. The summed E-state index contributed by atoms with van der Waals surface area (Å²) in [7, 11) is 2.02. The number of likely N-dealkylation sites (N-methyl/N-ethyl adjacent to an activating group) is 1. The van der Waals surface area contributed by atoms with Crippen molar-refractivity contribution in [3.8, 4) is 5.75 Å². The monoisotopic (exact) mass is 361 g/mol. The molecule has 0 fully saturated rings. The van der Waals surface area contributed by atoms with E-state index in [0.717, 1.165) is 28.4 Å². The molecule has 5 heteroatoms. The largest absolute Gasteiger partial charge is 0.494 e. The highest BCUT2D eigenvalue weighted by Crippen LogP contribution is 2.20. The predicted octanol–water partition coefficient (Wildman–Crippen LogP) is 3.09. The van der Waals surface area contributed by atoms with E-state index in [2.05, 4.69) is 5.32 Å². The summed E-state index contributed by atoms with van der Waals surface area (Å²) in [5.41, 5.74) is 2.92. The van der Waals surface area contributed by atoms with Crippen LogP contribution in [0.3, 0.4) is 0 Å². The molecule has 0 saturated heterocycles. The normalized spacial score (nSPS) is 13.2. The molecule has 0 aliphatic heterocycles. The summed E-state index contributed by atoms with van der Waals surface area (Å²) in [6.45, 7) is 7.26. The first-order valence-corrected chi connectivity index (χ1v) is 8.89. The Balaban J connectivity index is 1.97. The third-order valence-corrected chi connectivity index (χ3v) is 4.54. The summed E-state index contributed by atoms with van der Waals surface area (Å²) in [5, 5.41) is 3.59. The van der Waals surface area contributed by atoms with Gasteiger partial charge in [0.05, 0.1) is 13.7 Å². The van der Waals surface area contributed by atoms with Gasteiger partial charge in [-0.15, -0.1) is 0 Å². The van der Waals surface area contributed by atoms with Crippen LogP contribution in [0, 0.1) is 6.92 Å². The minimum atomic E-state index is -0.190. The van der Waals surface area contributed by atoms with Gasteiger partial charge in [0.2, 0.25) is 0 Å². The van der Waals surface area contributed by atoms with E-state index in [-0.39, 0.29) is 11.9 Å². The van der Waals surface area contributed by atoms with Crippen LogP contribution in [0.2, 0.25) is 5.02 Å². The van der Waals surface area contributed by atoms with Gasteiger partial charge in [-0.05, 0) is 62.7 Å². The van der Waals surface area contributed by atoms with Gasteiger partial charge in [-0.3, -0.25) is 4.79 Å². The Bertz CT molecular complexity index is 716. The first kappa shape index (κ1) is 19.3. The van der Waals surface area contributed by atoms with E-state index in [9.17, 15) is 4.79 Å². The van der Waals surface area contributed by atoms with Crippen molar-refractivity contribution in [2.75, 3.05) is 19.0 Å². The number of carbonyl (C=O) groups excluding carboxylic acids is 1. The van der Waals surface area contributed by atoms with Crippen molar-refractivity contribution < 1.29 is 14.4 Å².